The summed E-state index contributed by atoms with van der Waals surface area (Å²) in [6, 6.07) is 10.1. The molecule has 2 rings (SSSR count). The molecule has 1 atom stereocenters. The van der Waals surface area contributed by atoms with Gasteiger partial charge in [0.1, 0.15) is 0 Å². The molecule has 1 aliphatic rings. The van der Waals surface area contributed by atoms with Crippen molar-refractivity contribution >= 4 is 0 Å². The predicted molar refractivity (Wildman–Crippen MR) is 75.3 cm³/mol. The second kappa shape index (κ2) is 4.82. The molecular weight excluding hydrogens is 218 g/mol. The molecule has 1 aromatic rings. The van der Waals surface area contributed by atoms with Crippen molar-refractivity contribution in [2.24, 2.45) is 0 Å². The van der Waals surface area contributed by atoms with E-state index in [9.17, 15) is 0 Å². The summed E-state index contributed by atoms with van der Waals surface area (Å²) in [4.78, 5) is 0. The van der Waals surface area contributed by atoms with E-state index in [4.69, 9.17) is 5.26 Å². The van der Waals surface area contributed by atoms with E-state index in [1.807, 2.05) is 12.1 Å². The van der Waals surface area contributed by atoms with Gasteiger partial charge in [0.2, 0.25) is 0 Å². The van der Waals surface area contributed by atoms with E-state index in [-0.39, 0.29) is 5.41 Å². The van der Waals surface area contributed by atoms with E-state index in [0.717, 1.165) is 24.8 Å². The normalized spacial score (nSPS) is 22.1. The Morgan fingerprint density at radius 3 is 2.44 bits per heavy atom. The molecule has 0 amide bonds. The molecule has 0 saturated heterocycles. The lowest BCUT2D eigenvalue weighted by atomic mass is 9.58. The third kappa shape index (κ3) is 2.11. The van der Waals surface area contributed by atoms with Crippen LogP contribution in [0, 0.1) is 11.3 Å². The van der Waals surface area contributed by atoms with Crippen LogP contribution in [0.3, 0.4) is 0 Å². The molecule has 92 valence electrons. The highest BCUT2D eigenvalue weighted by atomic mass is 14.4. The summed E-state index contributed by atoms with van der Waals surface area (Å²) in [5.74, 6) is 0. The molecule has 18 heavy (non-hydrogen) atoms. The second-order valence-electron chi connectivity index (χ2n) is 5.33. The number of hydrogen-bond acceptors (Lipinski definition) is 1. The molecule has 1 saturated carbocycles. The van der Waals surface area contributed by atoms with Gasteiger partial charge in [0, 0.05) is 5.41 Å². The molecule has 0 heterocycles. The van der Waals surface area contributed by atoms with Crippen molar-refractivity contribution in [2.45, 2.75) is 38.0 Å². The van der Waals surface area contributed by atoms with Gasteiger partial charge in [0.25, 0.3) is 0 Å². The number of hydrogen-bond donors (Lipinski definition) is 0. The average molecular weight is 237 g/mol. The summed E-state index contributed by atoms with van der Waals surface area (Å²) >= 11 is 0. The minimum Gasteiger partial charge on any atom is -0.192 e. The summed E-state index contributed by atoms with van der Waals surface area (Å²) in [6.07, 6.45) is 4.42. The molecule has 0 bridgehead atoms. The van der Waals surface area contributed by atoms with Crippen molar-refractivity contribution in [2.75, 3.05) is 0 Å². The highest BCUT2D eigenvalue weighted by Gasteiger charge is 2.41. The van der Waals surface area contributed by atoms with Gasteiger partial charge in [-0.05, 0) is 50.3 Å². The van der Waals surface area contributed by atoms with E-state index in [0.29, 0.717) is 0 Å². The zero-order valence-electron chi connectivity index (χ0n) is 11.0. The van der Waals surface area contributed by atoms with Crippen LogP contribution in [-0.4, -0.2) is 0 Å². The van der Waals surface area contributed by atoms with Gasteiger partial charge in [-0.1, -0.05) is 29.9 Å². The molecule has 0 N–H and O–H groups in total. The zero-order valence-corrected chi connectivity index (χ0v) is 11.0. The van der Waals surface area contributed by atoms with Crippen molar-refractivity contribution in [3.05, 3.63) is 59.7 Å². The topological polar surface area (TPSA) is 23.8 Å². The lowest BCUT2D eigenvalue weighted by Crippen LogP contribution is -2.36. The Hall–Kier alpha value is -1.81. The summed E-state index contributed by atoms with van der Waals surface area (Å²) in [5, 5.41) is 8.85. The van der Waals surface area contributed by atoms with E-state index < -0.39 is 0 Å². The van der Waals surface area contributed by atoms with Crippen LogP contribution in [-0.2, 0) is 5.41 Å². The van der Waals surface area contributed by atoms with Crippen LogP contribution >= 0.6 is 0 Å². The van der Waals surface area contributed by atoms with Gasteiger partial charge in [0.15, 0.2) is 0 Å². The van der Waals surface area contributed by atoms with Gasteiger partial charge in [-0.25, -0.2) is 0 Å². The number of allylic oxidation sites excluding steroid dienone is 2. The fraction of sp³-hybridized carbons (Fsp3) is 0.353. The molecule has 0 radical (unpaired) electrons. The summed E-state index contributed by atoms with van der Waals surface area (Å²) in [7, 11) is 0. The Labute approximate surface area is 109 Å². The Kier molecular flexibility index (Phi) is 3.39. The summed E-state index contributed by atoms with van der Waals surface area (Å²) in [5.41, 5.74) is 4.71. The minimum absolute atomic E-state index is 0.132. The highest BCUT2D eigenvalue weighted by Crippen LogP contribution is 2.51. The predicted octanol–water partition coefficient (Wildman–Crippen LogP) is 4.50. The smallest absolute Gasteiger partial charge is 0.0991 e. The molecule has 0 aromatic heterocycles. The quantitative estimate of drug-likeness (QED) is 0.707. The highest BCUT2D eigenvalue weighted by molar-refractivity contribution is 5.43. The second-order valence-corrected chi connectivity index (χ2v) is 5.33. The van der Waals surface area contributed by atoms with Gasteiger partial charge in [0.05, 0.1) is 11.6 Å². The Morgan fingerprint density at radius 2 is 2.06 bits per heavy atom. The van der Waals surface area contributed by atoms with Crippen LogP contribution in [0.25, 0.3) is 0 Å². The fourth-order valence-electron chi connectivity index (χ4n) is 2.69. The third-order valence-electron chi connectivity index (χ3n) is 4.08. The Morgan fingerprint density at radius 1 is 1.39 bits per heavy atom. The van der Waals surface area contributed by atoms with Crippen LogP contribution in [0.2, 0.25) is 0 Å². The zero-order chi connectivity index (χ0) is 13.2. The fourth-order valence-corrected chi connectivity index (χ4v) is 2.69. The first kappa shape index (κ1) is 12.6. The van der Waals surface area contributed by atoms with Gasteiger partial charge in [-0.3, -0.25) is 0 Å². The number of nitrogens with zero attached hydrogens (tertiary/aromatic N) is 1. The first-order chi connectivity index (χ1) is 8.58. The SMILES string of the molecule is C=C(C)CC[C@@]1(c2ccc(C#N)cc2)CCC1=C. The van der Waals surface area contributed by atoms with E-state index in [1.54, 1.807) is 0 Å². The molecule has 0 aliphatic heterocycles. The van der Waals surface area contributed by atoms with Gasteiger partial charge < -0.3 is 0 Å². The third-order valence-corrected chi connectivity index (χ3v) is 4.08. The lowest BCUT2D eigenvalue weighted by molar-refractivity contribution is 0.336. The van der Waals surface area contributed by atoms with Crippen molar-refractivity contribution in [1.82, 2.24) is 0 Å². The molecule has 1 nitrogen and oxygen atoms in total. The van der Waals surface area contributed by atoms with Crippen molar-refractivity contribution in [3.63, 3.8) is 0 Å². The first-order valence-electron chi connectivity index (χ1n) is 6.42. The van der Waals surface area contributed by atoms with Crippen molar-refractivity contribution in [1.29, 1.82) is 5.26 Å². The first-order valence-corrected chi connectivity index (χ1v) is 6.42. The number of nitriles is 1. The maximum Gasteiger partial charge on any atom is 0.0991 e. The Balaban J connectivity index is 2.27. The summed E-state index contributed by atoms with van der Waals surface area (Å²) in [6.45, 7) is 10.3. The van der Waals surface area contributed by atoms with Crippen molar-refractivity contribution in [3.8, 4) is 6.07 Å². The standard InChI is InChI=1S/C17H19N/c1-13(2)8-10-17(11-9-14(17)3)16-6-4-15(12-18)5-7-16/h4-7H,1,3,8-11H2,2H3/t17-/m1/s1. The number of benzene rings is 1. The molecule has 1 aromatic carbocycles. The lowest BCUT2D eigenvalue weighted by Gasteiger charge is -2.45. The molecule has 1 aliphatic carbocycles. The van der Waals surface area contributed by atoms with Crippen molar-refractivity contribution < 1.29 is 0 Å². The molecule has 0 unspecified atom stereocenters. The molecule has 1 fully saturated rings. The van der Waals surface area contributed by atoms with Gasteiger partial charge in [-0.15, -0.1) is 6.58 Å². The van der Waals surface area contributed by atoms with E-state index in [2.05, 4.69) is 38.3 Å². The largest absolute Gasteiger partial charge is 0.192 e. The van der Waals surface area contributed by atoms with Crippen LogP contribution in [0.15, 0.2) is 48.6 Å². The van der Waals surface area contributed by atoms with E-state index in [1.165, 1.54) is 23.1 Å². The van der Waals surface area contributed by atoms with Gasteiger partial charge in [-0.2, -0.15) is 5.26 Å². The Bertz CT molecular complexity index is 516. The molecule has 0 spiro atoms. The van der Waals surface area contributed by atoms with Crippen LogP contribution in [0.4, 0.5) is 0 Å². The molecule has 1 heteroatoms. The monoisotopic (exact) mass is 237 g/mol. The van der Waals surface area contributed by atoms with Crippen LogP contribution < -0.4 is 0 Å². The summed E-state index contributed by atoms with van der Waals surface area (Å²) < 4.78 is 0. The van der Waals surface area contributed by atoms with E-state index >= 15 is 0 Å². The van der Waals surface area contributed by atoms with Crippen LogP contribution in [0.5, 0.6) is 0 Å². The minimum atomic E-state index is 0.132. The van der Waals surface area contributed by atoms with Gasteiger partial charge >= 0.3 is 0 Å². The molecular formula is C17H19N. The maximum absolute atomic E-state index is 8.85. The van der Waals surface area contributed by atoms with Crippen LogP contribution in [0.1, 0.15) is 43.7 Å². The number of rotatable bonds is 4. The average Bonchev–Trinajstić information content (AvgIpc) is 2.38. The maximum atomic E-state index is 8.85.